The van der Waals surface area contributed by atoms with Crippen molar-refractivity contribution >= 4 is 23.2 Å². The summed E-state index contributed by atoms with van der Waals surface area (Å²) in [6, 6.07) is 3.43. The Labute approximate surface area is 133 Å². The Morgan fingerprint density at radius 3 is 2.14 bits per heavy atom. The molecule has 0 fully saturated rings. The molecule has 1 aromatic carbocycles. The SMILES string of the molecule is COc1cc(-n2c(Cl)nnc2C(C)(C)C)c(OC)cc1Cl. The standard InChI is InChI=1S/C14H17Cl2N3O2/c1-14(2,3)12-17-18-13(16)19(12)9-7-10(20-4)8(15)6-11(9)21-5/h6-7H,1-5H3. The second-order valence-corrected chi connectivity index (χ2v) is 6.28. The molecule has 0 saturated carbocycles. The van der Waals surface area contributed by atoms with Crippen molar-refractivity contribution in [3.05, 3.63) is 28.3 Å². The molecule has 5 nitrogen and oxygen atoms in total. The van der Waals surface area contributed by atoms with Crippen LogP contribution in [0.4, 0.5) is 0 Å². The van der Waals surface area contributed by atoms with Gasteiger partial charge in [-0.15, -0.1) is 10.2 Å². The molecule has 0 aliphatic rings. The van der Waals surface area contributed by atoms with Gasteiger partial charge in [0.05, 0.1) is 24.9 Å². The van der Waals surface area contributed by atoms with Crippen LogP contribution in [0.5, 0.6) is 11.5 Å². The van der Waals surface area contributed by atoms with Crippen molar-refractivity contribution in [2.75, 3.05) is 14.2 Å². The van der Waals surface area contributed by atoms with Crippen molar-refractivity contribution < 1.29 is 9.47 Å². The molecule has 1 heterocycles. The largest absolute Gasteiger partial charge is 0.495 e. The summed E-state index contributed by atoms with van der Waals surface area (Å²) in [4.78, 5) is 0. The lowest BCUT2D eigenvalue weighted by Gasteiger charge is -2.21. The van der Waals surface area contributed by atoms with Crippen LogP contribution in [-0.4, -0.2) is 29.0 Å². The van der Waals surface area contributed by atoms with Crippen LogP contribution in [0.2, 0.25) is 10.3 Å². The van der Waals surface area contributed by atoms with Crippen LogP contribution in [0.15, 0.2) is 12.1 Å². The second kappa shape index (κ2) is 5.73. The third-order valence-electron chi connectivity index (χ3n) is 2.99. The molecule has 0 radical (unpaired) electrons. The fourth-order valence-electron chi connectivity index (χ4n) is 1.98. The first-order chi connectivity index (χ1) is 9.79. The van der Waals surface area contributed by atoms with Crippen molar-refractivity contribution in [1.82, 2.24) is 14.8 Å². The highest BCUT2D eigenvalue weighted by Gasteiger charge is 2.26. The summed E-state index contributed by atoms with van der Waals surface area (Å²) in [6.07, 6.45) is 0. The predicted octanol–water partition coefficient (Wildman–Crippen LogP) is 3.89. The molecule has 0 unspecified atom stereocenters. The molecule has 0 aliphatic carbocycles. The molecule has 114 valence electrons. The fourth-order valence-corrected chi connectivity index (χ4v) is 2.42. The lowest BCUT2D eigenvalue weighted by atomic mass is 9.95. The number of methoxy groups -OCH3 is 2. The summed E-state index contributed by atoms with van der Waals surface area (Å²) in [5.74, 6) is 1.81. The van der Waals surface area contributed by atoms with Crippen LogP contribution in [0.25, 0.3) is 5.69 Å². The molecule has 0 saturated heterocycles. The molecule has 0 aliphatic heterocycles. The highest BCUT2D eigenvalue weighted by Crippen LogP contribution is 2.37. The Morgan fingerprint density at radius 2 is 1.62 bits per heavy atom. The molecule has 2 rings (SSSR count). The van der Waals surface area contributed by atoms with Gasteiger partial charge in [0.15, 0.2) is 0 Å². The maximum absolute atomic E-state index is 6.21. The normalized spacial score (nSPS) is 11.6. The van der Waals surface area contributed by atoms with Crippen molar-refractivity contribution in [1.29, 1.82) is 0 Å². The molecule has 0 bridgehead atoms. The minimum absolute atomic E-state index is 0.238. The lowest BCUT2D eigenvalue weighted by Crippen LogP contribution is -2.18. The molecule has 0 N–H and O–H groups in total. The number of halogens is 2. The first kappa shape index (κ1) is 15.9. The quantitative estimate of drug-likeness (QED) is 0.857. The zero-order valence-corrected chi connectivity index (χ0v) is 14.1. The van der Waals surface area contributed by atoms with Gasteiger partial charge < -0.3 is 9.47 Å². The molecule has 7 heteroatoms. The number of hydrogen-bond acceptors (Lipinski definition) is 4. The molecule has 21 heavy (non-hydrogen) atoms. The highest BCUT2D eigenvalue weighted by atomic mass is 35.5. The van der Waals surface area contributed by atoms with Gasteiger partial charge in [-0.1, -0.05) is 32.4 Å². The molecule has 0 atom stereocenters. The highest BCUT2D eigenvalue weighted by molar-refractivity contribution is 6.32. The third-order valence-corrected chi connectivity index (χ3v) is 3.53. The molecular weight excluding hydrogens is 313 g/mol. The van der Waals surface area contributed by atoms with Crippen LogP contribution in [-0.2, 0) is 5.41 Å². The zero-order chi connectivity index (χ0) is 15.8. The van der Waals surface area contributed by atoms with Crippen LogP contribution in [0.3, 0.4) is 0 Å². The summed E-state index contributed by atoms with van der Waals surface area (Å²) in [7, 11) is 3.12. The van der Waals surface area contributed by atoms with Gasteiger partial charge in [0.1, 0.15) is 17.3 Å². The number of nitrogens with zero attached hydrogens (tertiary/aromatic N) is 3. The summed E-state index contributed by atoms with van der Waals surface area (Å²) in [5.41, 5.74) is 0.441. The lowest BCUT2D eigenvalue weighted by molar-refractivity contribution is 0.400. The van der Waals surface area contributed by atoms with E-state index in [1.807, 2.05) is 20.8 Å². The van der Waals surface area contributed by atoms with Gasteiger partial charge in [-0.3, -0.25) is 4.57 Å². The summed E-state index contributed by atoms with van der Waals surface area (Å²) >= 11 is 12.3. The average molecular weight is 330 g/mol. The number of benzene rings is 1. The average Bonchev–Trinajstić information content (AvgIpc) is 2.80. The topological polar surface area (TPSA) is 49.2 Å². The number of aromatic nitrogens is 3. The summed E-state index contributed by atoms with van der Waals surface area (Å²) in [5, 5.41) is 8.84. The summed E-state index contributed by atoms with van der Waals surface area (Å²) in [6.45, 7) is 6.09. The van der Waals surface area contributed by atoms with Crippen LogP contribution < -0.4 is 9.47 Å². The van der Waals surface area contributed by atoms with E-state index in [1.54, 1.807) is 30.9 Å². The Bertz CT molecular complexity index is 663. The summed E-state index contributed by atoms with van der Waals surface area (Å²) < 4.78 is 12.4. The van der Waals surface area contributed by atoms with E-state index in [4.69, 9.17) is 32.7 Å². The maximum atomic E-state index is 6.21. The Morgan fingerprint density at radius 1 is 1.00 bits per heavy atom. The molecule has 2 aromatic rings. The first-order valence-electron chi connectivity index (χ1n) is 6.33. The predicted molar refractivity (Wildman–Crippen MR) is 83.2 cm³/mol. The monoisotopic (exact) mass is 329 g/mol. The van der Waals surface area contributed by atoms with Crippen LogP contribution in [0, 0.1) is 0 Å². The number of hydrogen-bond donors (Lipinski definition) is 0. The van der Waals surface area contributed by atoms with E-state index in [0.29, 0.717) is 22.2 Å². The minimum atomic E-state index is -0.238. The number of ether oxygens (including phenoxy) is 2. The van der Waals surface area contributed by atoms with E-state index >= 15 is 0 Å². The van der Waals surface area contributed by atoms with Gasteiger partial charge >= 0.3 is 0 Å². The fraction of sp³-hybridized carbons (Fsp3) is 0.429. The smallest absolute Gasteiger partial charge is 0.229 e. The van der Waals surface area contributed by atoms with Crippen molar-refractivity contribution in [3.63, 3.8) is 0 Å². The van der Waals surface area contributed by atoms with Crippen LogP contribution >= 0.6 is 23.2 Å². The van der Waals surface area contributed by atoms with Crippen molar-refractivity contribution in [2.45, 2.75) is 26.2 Å². The molecule has 1 aromatic heterocycles. The zero-order valence-electron chi connectivity index (χ0n) is 12.6. The Hall–Kier alpha value is -1.46. The molecular formula is C14H17Cl2N3O2. The third kappa shape index (κ3) is 2.94. The van der Waals surface area contributed by atoms with Crippen LogP contribution in [0.1, 0.15) is 26.6 Å². The van der Waals surface area contributed by atoms with Gasteiger partial charge in [-0.25, -0.2) is 0 Å². The van der Waals surface area contributed by atoms with E-state index in [1.165, 1.54) is 0 Å². The van der Waals surface area contributed by atoms with E-state index in [0.717, 1.165) is 5.82 Å². The van der Waals surface area contributed by atoms with E-state index < -0.39 is 0 Å². The van der Waals surface area contributed by atoms with Gasteiger partial charge in [-0.2, -0.15) is 0 Å². The minimum Gasteiger partial charge on any atom is -0.495 e. The van der Waals surface area contributed by atoms with Gasteiger partial charge in [-0.05, 0) is 11.6 Å². The second-order valence-electron chi connectivity index (χ2n) is 5.54. The maximum Gasteiger partial charge on any atom is 0.229 e. The van der Waals surface area contributed by atoms with E-state index in [2.05, 4.69) is 10.2 Å². The van der Waals surface area contributed by atoms with Gasteiger partial charge in [0, 0.05) is 17.5 Å². The number of rotatable bonds is 3. The Kier molecular flexibility index (Phi) is 4.35. The van der Waals surface area contributed by atoms with Gasteiger partial charge in [0.25, 0.3) is 0 Å². The first-order valence-corrected chi connectivity index (χ1v) is 7.08. The van der Waals surface area contributed by atoms with Crippen molar-refractivity contribution in [2.24, 2.45) is 0 Å². The van der Waals surface area contributed by atoms with E-state index in [-0.39, 0.29) is 10.7 Å². The van der Waals surface area contributed by atoms with Gasteiger partial charge in [0.2, 0.25) is 5.28 Å². The Balaban J connectivity index is 2.75. The molecule has 0 spiro atoms. The van der Waals surface area contributed by atoms with E-state index in [9.17, 15) is 0 Å². The molecule has 0 amide bonds. The van der Waals surface area contributed by atoms with Crippen molar-refractivity contribution in [3.8, 4) is 17.2 Å².